The zero-order chi connectivity index (χ0) is 10.6. The standard InChI is InChI=1S/C10H15NO3/c1-7-5-8(2)11-10(9(7)6-13)14-4-3-12/h5,12-13H,3-4,6H2,1-2H3. The Bertz CT molecular complexity index is 312. The quantitative estimate of drug-likeness (QED) is 0.740. The van der Waals surface area contributed by atoms with Crippen LogP contribution in [0, 0.1) is 13.8 Å². The van der Waals surface area contributed by atoms with Crippen molar-refractivity contribution in [1.29, 1.82) is 0 Å². The maximum absolute atomic E-state index is 9.11. The minimum Gasteiger partial charge on any atom is -0.475 e. The maximum atomic E-state index is 9.11. The number of aryl methyl sites for hydroxylation is 2. The Balaban J connectivity index is 2.99. The Kier molecular flexibility index (Phi) is 3.85. The molecule has 0 spiro atoms. The fourth-order valence-corrected chi connectivity index (χ4v) is 1.28. The third-order valence-electron chi connectivity index (χ3n) is 1.93. The number of pyridine rings is 1. The molecule has 0 aliphatic rings. The number of aliphatic hydroxyl groups is 2. The average molecular weight is 197 g/mol. The molecule has 0 aromatic carbocycles. The van der Waals surface area contributed by atoms with E-state index >= 15 is 0 Å². The van der Waals surface area contributed by atoms with Crippen molar-refractivity contribution in [2.75, 3.05) is 13.2 Å². The molecule has 0 atom stereocenters. The van der Waals surface area contributed by atoms with Crippen LogP contribution in [0.5, 0.6) is 5.88 Å². The number of rotatable bonds is 4. The predicted octanol–water partition coefficient (Wildman–Crippen LogP) is 0.562. The lowest BCUT2D eigenvalue weighted by atomic mass is 10.1. The third kappa shape index (κ3) is 2.43. The van der Waals surface area contributed by atoms with Gasteiger partial charge in [-0.05, 0) is 25.5 Å². The van der Waals surface area contributed by atoms with Crippen molar-refractivity contribution in [1.82, 2.24) is 4.98 Å². The van der Waals surface area contributed by atoms with Gasteiger partial charge in [-0.3, -0.25) is 0 Å². The van der Waals surface area contributed by atoms with Crippen molar-refractivity contribution < 1.29 is 14.9 Å². The summed E-state index contributed by atoms with van der Waals surface area (Å²) in [5, 5.41) is 17.7. The fraction of sp³-hybridized carbons (Fsp3) is 0.500. The Morgan fingerprint density at radius 2 is 2.07 bits per heavy atom. The summed E-state index contributed by atoms with van der Waals surface area (Å²) in [5.41, 5.74) is 2.48. The van der Waals surface area contributed by atoms with E-state index in [1.807, 2.05) is 19.9 Å². The molecule has 0 aliphatic heterocycles. The van der Waals surface area contributed by atoms with E-state index in [-0.39, 0.29) is 19.8 Å². The molecule has 78 valence electrons. The largest absolute Gasteiger partial charge is 0.475 e. The van der Waals surface area contributed by atoms with E-state index in [4.69, 9.17) is 14.9 Å². The van der Waals surface area contributed by atoms with Crippen molar-refractivity contribution in [3.05, 3.63) is 22.9 Å². The van der Waals surface area contributed by atoms with Crippen molar-refractivity contribution in [2.45, 2.75) is 20.5 Å². The molecule has 0 unspecified atom stereocenters. The number of aliphatic hydroxyl groups excluding tert-OH is 2. The smallest absolute Gasteiger partial charge is 0.219 e. The summed E-state index contributed by atoms with van der Waals surface area (Å²) in [5.74, 6) is 0.416. The molecule has 0 bridgehead atoms. The lowest BCUT2D eigenvalue weighted by Crippen LogP contribution is -2.07. The molecule has 0 saturated heterocycles. The molecule has 0 radical (unpaired) electrons. The number of hydrogen-bond acceptors (Lipinski definition) is 4. The molecule has 4 heteroatoms. The van der Waals surface area contributed by atoms with Gasteiger partial charge in [0.25, 0.3) is 0 Å². The predicted molar refractivity (Wildman–Crippen MR) is 52.2 cm³/mol. The van der Waals surface area contributed by atoms with Gasteiger partial charge in [0.05, 0.1) is 13.2 Å². The minimum absolute atomic E-state index is 0.0560. The van der Waals surface area contributed by atoms with Gasteiger partial charge in [-0.15, -0.1) is 0 Å². The van der Waals surface area contributed by atoms with E-state index in [1.165, 1.54) is 0 Å². The SMILES string of the molecule is Cc1cc(C)c(CO)c(OCCO)n1. The Morgan fingerprint density at radius 1 is 1.36 bits per heavy atom. The zero-order valence-electron chi connectivity index (χ0n) is 8.45. The van der Waals surface area contributed by atoms with Crippen LogP contribution >= 0.6 is 0 Å². The summed E-state index contributed by atoms with van der Waals surface area (Å²) in [6.07, 6.45) is 0. The van der Waals surface area contributed by atoms with Crippen LogP contribution in [0.15, 0.2) is 6.07 Å². The first kappa shape index (κ1) is 10.9. The molecule has 2 N–H and O–H groups in total. The van der Waals surface area contributed by atoms with Crippen LogP contribution in [-0.4, -0.2) is 28.4 Å². The molecule has 1 heterocycles. The van der Waals surface area contributed by atoms with Crippen molar-refractivity contribution in [2.24, 2.45) is 0 Å². The second-order valence-corrected chi connectivity index (χ2v) is 3.09. The summed E-state index contributed by atoms with van der Waals surface area (Å²) < 4.78 is 5.22. The van der Waals surface area contributed by atoms with Gasteiger partial charge in [0.2, 0.25) is 5.88 Å². The summed E-state index contributed by atoms with van der Waals surface area (Å²) in [6, 6.07) is 1.89. The molecule has 4 nitrogen and oxygen atoms in total. The summed E-state index contributed by atoms with van der Waals surface area (Å²) in [6.45, 7) is 3.80. The molecular formula is C10H15NO3. The Hall–Kier alpha value is -1.13. The van der Waals surface area contributed by atoms with Gasteiger partial charge in [-0.25, -0.2) is 4.98 Å². The number of hydrogen-bond donors (Lipinski definition) is 2. The highest BCUT2D eigenvalue weighted by molar-refractivity contribution is 5.35. The van der Waals surface area contributed by atoms with Crippen LogP contribution in [0.4, 0.5) is 0 Å². The molecule has 14 heavy (non-hydrogen) atoms. The van der Waals surface area contributed by atoms with Gasteiger partial charge in [0.1, 0.15) is 6.61 Å². The Morgan fingerprint density at radius 3 is 2.64 bits per heavy atom. The molecule has 0 amide bonds. The summed E-state index contributed by atoms with van der Waals surface area (Å²) >= 11 is 0. The van der Waals surface area contributed by atoms with E-state index in [1.54, 1.807) is 0 Å². The van der Waals surface area contributed by atoms with Gasteiger partial charge in [0, 0.05) is 11.3 Å². The van der Waals surface area contributed by atoms with E-state index < -0.39 is 0 Å². The number of aromatic nitrogens is 1. The normalized spacial score (nSPS) is 10.3. The monoisotopic (exact) mass is 197 g/mol. The van der Waals surface area contributed by atoms with Gasteiger partial charge in [0.15, 0.2) is 0 Å². The van der Waals surface area contributed by atoms with Gasteiger partial charge >= 0.3 is 0 Å². The van der Waals surface area contributed by atoms with Crippen LogP contribution < -0.4 is 4.74 Å². The zero-order valence-corrected chi connectivity index (χ0v) is 8.45. The van der Waals surface area contributed by atoms with Crippen LogP contribution in [0.2, 0.25) is 0 Å². The van der Waals surface area contributed by atoms with Crippen LogP contribution in [-0.2, 0) is 6.61 Å². The van der Waals surface area contributed by atoms with E-state index in [0.717, 1.165) is 11.3 Å². The van der Waals surface area contributed by atoms with Crippen molar-refractivity contribution >= 4 is 0 Å². The molecule has 1 rings (SSSR count). The molecule has 1 aromatic rings. The topological polar surface area (TPSA) is 62.6 Å². The molecule has 0 aliphatic carbocycles. The van der Waals surface area contributed by atoms with Crippen LogP contribution in [0.3, 0.4) is 0 Å². The third-order valence-corrected chi connectivity index (χ3v) is 1.93. The first-order valence-electron chi connectivity index (χ1n) is 4.50. The van der Waals surface area contributed by atoms with Crippen LogP contribution in [0.1, 0.15) is 16.8 Å². The molecular weight excluding hydrogens is 182 g/mol. The lowest BCUT2D eigenvalue weighted by molar-refractivity contribution is 0.190. The van der Waals surface area contributed by atoms with Crippen molar-refractivity contribution in [3.63, 3.8) is 0 Å². The first-order chi connectivity index (χ1) is 6.69. The second kappa shape index (κ2) is 4.93. The lowest BCUT2D eigenvalue weighted by Gasteiger charge is -2.11. The van der Waals surface area contributed by atoms with Gasteiger partial charge in [-0.2, -0.15) is 0 Å². The highest BCUT2D eigenvalue weighted by Gasteiger charge is 2.08. The molecule has 1 aromatic heterocycles. The highest BCUT2D eigenvalue weighted by Crippen LogP contribution is 2.20. The first-order valence-corrected chi connectivity index (χ1v) is 4.50. The average Bonchev–Trinajstić information content (AvgIpc) is 2.14. The highest BCUT2D eigenvalue weighted by atomic mass is 16.5. The number of ether oxygens (including phenoxy) is 1. The second-order valence-electron chi connectivity index (χ2n) is 3.09. The van der Waals surface area contributed by atoms with E-state index in [9.17, 15) is 0 Å². The minimum atomic E-state index is -0.0973. The summed E-state index contributed by atoms with van der Waals surface area (Å²) in [7, 11) is 0. The Labute approximate surface area is 83.2 Å². The van der Waals surface area contributed by atoms with Crippen molar-refractivity contribution in [3.8, 4) is 5.88 Å². The maximum Gasteiger partial charge on any atom is 0.219 e. The van der Waals surface area contributed by atoms with E-state index in [2.05, 4.69) is 4.98 Å². The van der Waals surface area contributed by atoms with E-state index in [0.29, 0.717) is 11.4 Å². The number of nitrogens with zero attached hydrogens (tertiary/aromatic N) is 1. The van der Waals surface area contributed by atoms with Crippen LogP contribution in [0.25, 0.3) is 0 Å². The van der Waals surface area contributed by atoms with Gasteiger partial charge < -0.3 is 14.9 Å². The molecule has 0 fully saturated rings. The fourth-order valence-electron chi connectivity index (χ4n) is 1.28. The molecule has 0 saturated carbocycles. The summed E-state index contributed by atoms with van der Waals surface area (Å²) in [4.78, 5) is 4.15. The van der Waals surface area contributed by atoms with Gasteiger partial charge in [-0.1, -0.05) is 0 Å².